The van der Waals surface area contributed by atoms with Crippen molar-refractivity contribution in [2.75, 3.05) is 5.32 Å². The molecule has 92 valence electrons. The molecule has 0 radical (unpaired) electrons. The van der Waals surface area contributed by atoms with E-state index < -0.39 is 0 Å². The first-order valence-electron chi connectivity index (χ1n) is 6.26. The zero-order valence-electron chi connectivity index (χ0n) is 10.7. The minimum atomic E-state index is -0.237. The number of nitrogens with one attached hydrogen (secondary N) is 1. The largest absolute Gasteiger partial charge is 0.485 e. The van der Waals surface area contributed by atoms with Crippen molar-refractivity contribution in [3.63, 3.8) is 0 Å². The molecule has 2 nitrogen and oxygen atoms in total. The highest BCUT2D eigenvalue weighted by Crippen LogP contribution is 2.44. The Bertz CT molecular complexity index is 548. The van der Waals surface area contributed by atoms with Gasteiger partial charge >= 0.3 is 0 Å². The van der Waals surface area contributed by atoms with Gasteiger partial charge in [0.2, 0.25) is 0 Å². The molecule has 3 rings (SSSR count). The van der Waals surface area contributed by atoms with Crippen LogP contribution >= 0.6 is 0 Å². The molecule has 0 bridgehead atoms. The van der Waals surface area contributed by atoms with Crippen molar-refractivity contribution in [3.8, 4) is 5.75 Å². The van der Waals surface area contributed by atoms with Crippen LogP contribution in [0.2, 0.25) is 0 Å². The van der Waals surface area contributed by atoms with E-state index in [-0.39, 0.29) is 11.6 Å². The van der Waals surface area contributed by atoms with Crippen LogP contribution in [0.4, 0.5) is 5.69 Å². The molecule has 0 aromatic heterocycles. The normalized spacial score (nSPS) is 20.0. The van der Waals surface area contributed by atoms with E-state index >= 15 is 0 Å². The third kappa shape index (κ3) is 1.84. The maximum Gasteiger partial charge on any atom is 0.128 e. The molecule has 0 saturated carbocycles. The summed E-state index contributed by atoms with van der Waals surface area (Å²) in [5.74, 6) is 0.982. The highest BCUT2D eigenvalue weighted by atomic mass is 16.5. The molecule has 1 aliphatic heterocycles. The van der Waals surface area contributed by atoms with Crippen LogP contribution in [0.15, 0.2) is 54.6 Å². The molecule has 2 heteroatoms. The average molecular weight is 239 g/mol. The molecule has 1 aliphatic rings. The average Bonchev–Trinajstić information content (AvgIpc) is 2.62. The van der Waals surface area contributed by atoms with Gasteiger partial charge in [0.1, 0.15) is 11.4 Å². The fourth-order valence-electron chi connectivity index (χ4n) is 2.48. The maximum atomic E-state index is 6.02. The molecule has 0 spiro atoms. The van der Waals surface area contributed by atoms with Crippen LogP contribution in [0, 0.1) is 0 Å². The number of anilines is 1. The number of fused-ring (bicyclic) bond motifs is 1. The minimum Gasteiger partial charge on any atom is -0.485 e. The predicted octanol–water partition coefficient (Wildman–Crippen LogP) is 4.01. The molecule has 2 aromatic carbocycles. The number of ether oxygens (including phenoxy) is 1. The van der Waals surface area contributed by atoms with Crippen molar-refractivity contribution in [1.82, 2.24) is 0 Å². The molecular formula is C16H17NO. The summed E-state index contributed by atoms with van der Waals surface area (Å²) in [4.78, 5) is 0. The number of benzene rings is 2. The quantitative estimate of drug-likeness (QED) is 0.855. The Morgan fingerprint density at radius 3 is 2.39 bits per heavy atom. The molecule has 1 N–H and O–H groups in total. The van der Waals surface area contributed by atoms with E-state index in [9.17, 15) is 0 Å². The predicted molar refractivity (Wildman–Crippen MR) is 74.0 cm³/mol. The van der Waals surface area contributed by atoms with E-state index in [0.29, 0.717) is 0 Å². The SMILES string of the molecule is CC1(C)Oc2ccccc2C1Nc1ccccc1. The zero-order valence-corrected chi connectivity index (χ0v) is 10.7. The molecule has 1 atom stereocenters. The van der Waals surface area contributed by atoms with Crippen molar-refractivity contribution in [3.05, 3.63) is 60.2 Å². The van der Waals surface area contributed by atoms with E-state index in [1.807, 2.05) is 30.3 Å². The summed E-state index contributed by atoms with van der Waals surface area (Å²) in [6.07, 6.45) is 0. The smallest absolute Gasteiger partial charge is 0.128 e. The van der Waals surface area contributed by atoms with Crippen molar-refractivity contribution >= 4 is 5.69 Å². The van der Waals surface area contributed by atoms with Gasteiger partial charge in [-0.05, 0) is 32.0 Å². The topological polar surface area (TPSA) is 21.3 Å². The summed E-state index contributed by atoms with van der Waals surface area (Å²) < 4.78 is 6.02. The van der Waals surface area contributed by atoms with Crippen LogP contribution in [-0.2, 0) is 0 Å². The van der Waals surface area contributed by atoms with Crippen LogP contribution in [0.5, 0.6) is 5.75 Å². The summed E-state index contributed by atoms with van der Waals surface area (Å²) >= 11 is 0. The van der Waals surface area contributed by atoms with Crippen molar-refractivity contribution in [2.24, 2.45) is 0 Å². The first-order chi connectivity index (χ1) is 8.67. The second kappa shape index (κ2) is 4.05. The molecule has 0 aliphatic carbocycles. The molecule has 1 unspecified atom stereocenters. The van der Waals surface area contributed by atoms with E-state index in [0.717, 1.165) is 11.4 Å². The number of para-hydroxylation sites is 2. The summed E-state index contributed by atoms with van der Waals surface area (Å²) in [6, 6.07) is 18.7. The summed E-state index contributed by atoms with van der Waals surface area (Å²) in [7, 11) is 0. The zero-order chi connectivity index (χ0) is 12.6. The summed E-state index contributed by atoms with van der Waals surface area (Å²) in [5.41, 5.74) is 2.11. The van der Waals surface area contributed by atoms with Crippen molar-refractivity contribution in [2.45, 2.75) is 25.5 Å². The Kier molecular flexibility index (Phi) is 2.51. The summed E-state index contributed by atoms with van der Waals surface area (Å²) in [6.45, 7) is 4.24. The Morgan fingerprint density at radius 2 is 1.61 bits per heavy atom. The van der Waals surface area contributed by atoms with E-state index in [1.165, 1.54) is 5.56 Å². The van der Waals surface area contributed by atoms with Gasteiger partial charge in [0, 0.05) is 11.3 Å². The van der Waals surface area contributed by atoms with Gasteiger partial charge in [-0.2, -0.15) is 0 Å². The van der Waals surface area contributed by atoms with Gasteiger partial charge in [0.15, 0.2) is 0 Å². The number of hydrogen-bond acceptors (Lipinski definition) is 2. The number of rotatable bonds is 2. The second-order valence-corrected chi connectivity index (χ2v) is 5.19. The fourth-order valence-corrected chi connectivity index (χ4v) is 2.48. The minimum absolute atomic E-state index is 0.177. The fraction of sp³-hybridized carbons (Fsp3) is 0.250. The highest BCUT2D eigenvalue weighted by Gasteiger charge is 2.40. The first kappa shape index (κ1) is 11.1. The van der Waals surface area contributed by atoms with Gasteiger partial charge in [-0.3, -0.25) is 0 Å². The van der Waals surface area contributed by atoms with Gasteiger partial charge < -0.3 is 10.1 Å². The van der Waals surface area contributed by atoms with Crippen LogP contribution in [-0.4, -0.2) is 5.60 Å². The Hall–Kier alpha value is -1.96. The lowest BCUT2D eigenvalue weighted by Gasteiger charge is -2.28. The third-order valence-corrected chi connectivity index (χ3v) is 3.38. The molecule has 2 aromatic rings. The van der Waals surface area contributed by atoms with Crippen LogP contribution in [0.1, 0.15) is 25.5 Å². The molecule has 0 amide bonds. The lowest BCUT2D eigenvalue weighted by Crippen LogP contribution is -2.34. The lowest BCUT2D eigenvalue weighted by molar-refractivity contribution is 0.118. The van der Waals surface area contributed by atoms with Crippen molar-refractivity contribution < 1.29 is 4.74 Å². The van der Waals surface area contributed by atoms with Gasteiger partial charge in [0.25, 0.3) is 0 Å². The molecule has 18 heavy (non-hydrogen) atoms. The van der Waals surface area contributed by atoms with Gasteiger partial charge in [-0.1, -0.05) is 36.4 Å². The third-order valence-electron chi connectivity index (χ3n) is 3.38. The second-order valence-electron chi connectivity index (χ2n) is 5.19. The van der Waals surface area contributed by atoms with E-state index in [1.54, 1.807) is 0 Å². The molecule has 0 fully saturated rings. The Balaban J connectivity index is 1.95. The van der Waals surface area contributed by atoms with Gasteiger partial charge in [0.05, 0.1) is 6.04 Å². The lowest BCUT2D eigenvalue weighted by atomic mass is 9.94. The van der Waals surface area contributed by atoms with Gasteiger partial charge in [-0.15, -0.1) is 0 Å². The van der Waals surface area contributed by atoms with Gasteiger partial charge in [-0.25, -0.2) is 0 Å². The molecule has 1 heterocycles. The molecule has 0 saturated heterocycles. The monoisotopic (exact) mass is 239 g/mol. The van der Waals surface area contributed by atoms with Crippen LogP contribution < -0.4 is 10.1 Å². The van der Waals surface area contributed by atoms with E-state index in [4.69, 9.17) is 4.74 Å². The Morgan fingerprint density at radius 1 is 0.944 bits per heavy atom. The van der Waals surface area contributed by atoms with Crippen LogP contribution in [0.25, 0.3) is 0 Å². The highest BCUT2D eigenvalue weighted by molar-refractivity contribution is 5.51. The summed E-state index contributed by atoms with van der Waals surface area (Å²) in [5, 5.41) is 3.56. The maximum absolute atomic E-state index is 6.02. The van der Waals surface area contributed by atoms with Crippen molar-refractivity contribution in [1.29, 1.82) is 0 Å². The molecular weight excluding hydrogens is 222 g/mol. The van der Waals surface area contributed by atoms with Crippen LogP contribution in [0.3, 0.4) is 0 Å². The first-order valence-corrected chi connectivity index (χ1v) is 6.26. The standard InChI is InChI=1S/C16H17NO/c1-16(2)15(17-12-8-4-3-5-9-12)13-10-6-7-11-14(13)18-16/h3-11,15,17H,1-2H3. The van der Waals surface area contributed by atoms with E-state index in [2.05, 4.69) is 43.4 Å². The number of hydrogen-bond donors (Lipinski definition) is 1. The Labute approximate surface area is 108 Å².